The molecule has 0 aromatic heterocycles. The first-order valence-corrected chi connectivity index (χ1v) is 8.39. The van der Waals surface area contributed by atoms with E-state index in [1.165, 1.54) is 38.4 Å². The van der Waals surface area contributed by atoms with E-state index in [2.05, 4.69) is 13.5 Å². The fourth-order valence-corrected chi connectivity index (χ4v) is 2.41. The third-order valence-corrected chi connectivity index (χ3v) is 3.65. The van der Waals surface area contributed by atoms with Gasteiger partial charge in [0.25, 0.3) is 0 Å². The Morgan fingerprint density at radius 3 is 2.32 bits per heavy atom. The Balaban J connectivity index is 2.37. The van der Waals surface area contributed by atoms with Gasteiger partial charge in [0.15, 0.2) is 6.61 Å². The Kier molecular flexibility index (Phi) is 9.40. The third-order valence-electron chi connectivity index (χ3n) is 3.65. The molecule has 3 nitrogen and oxygen atoms in total. The molecule has 0 saturated carbocycles. The van der Waals surface area contributed by atoms with Crippen LogP contribution in [0, 0.1) is 0 Å². The molecule has 0 heterocycles. The monoisotopic (exact) mass is 306 g/mol. The van der Waals surface area contributed by atoms with Crippen LogP contribution in [0.4, 0.5) is 0 Å². The molecule has 1 unspecified atom stereocenters. The lowest BCUT2D eigenvalue weighted by Gasteiger charge is -2.28. The van der Waals surface area contributed by atoms with Gasteiger partial charge >= 0.3 is 0 Å². The molecule has 1 aromatic carbocycles. The average molecular weight is 306 g/mol. The molecule has 3 heteroatoms. The van der Waals surface area contributed by atoms with Crippen molar-refractivity contribution < 1.29 is 14.6 Å². The smallest absolute Gasteiger partial charge is 0.242 e. The molecule has 0 saturated heterocycles. The van der Waals surface area contributed by atoms with E-state index in [4.69, 9.17) is 9.47 Å². The molecule has 0 fully saturated rings. The maximum Gasteiger partial charge on any atom is 0.242 e. The summed E-state index contributed by atoms with van der Waals surface area (Å²) in [5, 5.41) is 10.6. The molecule has 0 radical (unpaired) electrons. The van der Waals surface area contributed by atoms with E-state index in [1.54, 1.807) is 0 Å². The molecule has 0 aliphatic carbocycles. The van der Waals surface area contributed by atoms with E-state index < -0.39 is 5.79 Å². The van der Waals surface area contributed by atoms with Crippen molar-refractivity contribution in [1.29, 1.82) is 0 Å². The van der Waals surface area contributed by atoms with Crippen LogP contribution in [0.2, 0.25) is 0 Å². The Hall–Kier alpha value is -1.48. The first-order chi connectivity index (χ1) is 10.7. The Bertz CT molecular complexity index is 391. The second-order valence-corrected chi connectivity index (χ2v) is 5.71. The number of aliphatic hydroxyl groups is 1. The summed E-state index contributed by atoms with van der Waals surface area (Å²) < 4.78 is 10.9. The molecule has 0 amide bonds. The number of para-hydroxylation sites is 1. The maximum atomic E-state index is 10.6. The fourth-order valence-electron chi connectivity index (χ4n) is 2.41. The van der Waals surface area contributed by atoms with Crippen LogP contribution >= 0.6 is 0 Å². The first kappa shape index (κ1) is 18.6. The number of unbranched alkanes of at least 4 members (excludes halogenated alkanes) is 6. The van der Waals surface area contributed by atoms with Crippen molar-refractivity contribution in [2.75, 3.05) is 6.61 Å². The van der Waals surface area contributed by atoms with Gasteiger partial charge in [-0.1, -0.05) is 70.2 Å². The predicted octanol–water partition coefficient (Wildman–Crippen LogP) is 5.05. The molecule has 0 bridgehead atoms. The normalized spacial score (nSPS) is 13.4. The minimum Gasteiger partial charge on any atom is -0.495 e. The summed E-state index contributed by atoms with van der Waals surface area (Å²) in [6.07, 6.45) is 10.3. The van der Waals surface area contributed by atoms with Crippen LogP contribution in [0.3, 0.4) is 0 Å². The van der Waals surface area contributed by atoms with E-state index in [1.807, 2.05) is 30.3 Å². The van der Waals surface area contributed by atoms with Gasteiger partial charge in [-0.2, -0.15) is 0 Å². The molecule has 1 rings (SSSR count). The van der Waals surface area contributed by atoms with Gasteiger partial charge in [0.1, 0.15) is 5.75 Å². The van der Waals surface area contributed by atoms with E-state index in [0.717, 1.165) is 12.8 Å². The molecule has 1 aromatic rings. The van der Waals surface area contributed by atoms with Crippen LogP contribution in [-0.4, -0.2) is 17.5 Å². The molecule has 0 aliphatic rings. The molecule has 0 aliphatic heterocycles. The van der Waals surface area contributed by atoms with Crippen molar-refractivity contribution in [2.45, 2.75) is 64.1 Å². The zero-order valence-electron chi connectivity index (χ0n) is 13.8. The van der Waals surface area contributed by atoms with E-state index in [-0.39, 0.29) is 6.61 Å². The van der Waals surface area contributed by atoms with Gasteiger partial charge in [0.05, 0.1) is 6.26 Å². The molecular formula is C19H30O3. The minimum absolute atomic E-state index is 0.0984. The van der Waals surface area contributed by atoms with E-state index >= 15 is 0 Å². The highest BCUT2D eigenvalue weighted by atomic mass is 16.6. The highest BCUT2D eigenvalue weighted by molar-refractivity contribution is 5.21. The van der Waals surface area contributed by atoms with Crippen LogP contribution in [-0.2, 0) is 4.74 Å². The van der Waals surface area contributed by atoms with Gasteiger partial charge in [-0.3, -0.25) is 0 Å². The largest absolute Gasteiger partial charge is 0.495 e. The lowest BCUT2D eigenvalue weighted by Crippen LogP contribution is -2.40. The minimum atomic E-state index is -1.29. The second kappa shape index (κ2) is 11.1. The summed E-state index contributed by atoms with van der Waals surface area (Å²) in [5.74, 6) is -0.639. The molecule has 22 heavy (non-hydrogen) atoms. The summed E-state index contributed by atoms with van der Waals surface area (Å²) in [5.41, 5.74) is 0. The molecule has 124 valence electrons. The topological polar surface area (TPSA) is 38.7 Å². The van der Waals surface area contributed by atoms with Crippen molar-refractivity contribution in [2.24, 2.45) is 0 Å². The van der Waals surface area contributed by atoms with E-state index in [9.17, 15) is 5.11 Å². The highest BCUT2D eigenvalue weighted by Crippen LogP contribution is 2.22. The first-order valence-electron chi connectivity index (χ1n) is 8.39. The predicted molar refractivity (Wildman–Crippen MR) is 90.8 cm³/mol. The quantitative estimate of drug-likeness (QED) is 0.315. The van der Waals surface area contributed by atoms with Crippen LogP contribution in [0.1, 0.15) is 58.3 Å². The van der Waals surface area contributed by atoms with E-state index in [0.29, 0.717) is 12.2 Å². The lowest BCUT2D eigenvalue weighted by atomic mass is 10.0. The number of rotatable bonds is 13. The number of benzene rings is 1. The van der Waals surface area contributed by atoms with Crippen molar-refractivity contribution in [3.63, 3.8) is 0 Å². The Labute approximate surface area is 135 Å². The standard InChI is InChI=1S/C19H30O3/c1-3-5-6-7-8-9-13-16-19(20,17-21-4-2)22-18-14-11-10-12-15-18/h4,10-12,14-15,20H,2-3,5-9,13,16-17H2,1H3. The highest BCUT2D eigenvalue weighted by Gasteiger charge is 2.29. The van der Waals surface area contributed by atoms with Gasteiger partial charge in [0, 0.05) is 6.42 Å². The number of ether oxygens (including phenoxy) is 2. The van der Waals surface area contributed by atoms with Crippen LogP contribution in [0.25, 0.3) is 0 Å². The Morgan fingerprint density at radius 1 is 1.05 bits per heavy atom. The average Bonchev–Trinajstić information content (AvgIpc) is 2.53. The van der Waals surface area contributed by atoms with Gasteiger partial charge < -0.3 is 14.6 Å². The van der Waals surface area contributed by atoms with Crippen molar-refractivity contribution in [3.05, 3.63) is 43.2 Å². The van der Waals surface area contributed by atoms with Crippen molar-refractivity contribution in [1.82, 2.24) is 0 Å². The Morgan fingerprint density at radius 2 is 1.68 bits per heavy atom. The van der Waals surface area contributed by atoms with Crippen molar-refractivity contribution in [3.8, 4) is 5.75 Å². The summed E-state index contributed by atoms with van der Waals surface area (Å²) in [4.78, 5) is 0. The SMILES string of the molecule is C=COCC(O)(CCCCCCCCC)Oc1ccccc1. The summed E-state index contributed by atoms with van der Waals surface area (Å²) in [6.45, 7) is 5.84. The van der Waals surface area contributed by atoms with Crippen LogP contribution in [0.5, 0.6) is 5.75 Å². The molecule has 0 spiro atoms. The third kappa shape index (κ3) is 8.08. The zero-order chi connectivity index (χ0) is 16.1. The maximum absolute atomic E-state index is 10.6. The lowest BCUT2D eigenvalue weighted by molar-refractivity contribution is -0.172. The summed E-state index contributed by atoms with van der Waals surface area (Å²) in [7, 11) is 0. The van der Waals surface area contributed by atoms with Gasteiger partial charge in [-0.05, 0) is 18.6 Å². The van der Waals surface area contributed by atoms with Gasteiger partial charge in [0.2, 0.25) is 5.79 Å². The van der Waals surface area contributed by atoms with Crippen molar-refractivity contribution >= 4 is 0 Å². The van der Waals surface area contributed by atoms with Crippen LogP contribution < -0.4 is 4.74 Å². The second-order valence-electron chi connectivity index (χ2n) is 5.71. The zero-order valence-corrected chi connectivity index (χ0v) is 13.8. The number of hydrogen-bond donors (Lipinski definition) is 1. The van der Waals surface area contributed by atoms with Crippen LogP contribution in [0.15, 0.2) is 43.2 Å². The molecular weight excluding hydrogens is 276 g/mol. The fraction of sp³-hybridized carbons (Fsp3) is 0.579. The molecule has 1 atom stereocenters. The number of hydrogen-bond acceptors (Lipinski definition) is 3. The summed E-state index contributed by atoms with van der Waals surface area (Å²) >= 11 is 0. The molecule has 1 N–H and O–H groups in total. The summed E-state index contributed by atoms with van der Waals surface area (Å²) in [6, 6.07) is 9.37. The van der Waals surface area contributed by atoms with Gasteiger partial charge in [-0.15, -0.1) is 0 Å². The van der Waals surface area contributed by atoms with Gasteiger partial charge in [-0.25, -0.2) is 0 Å².